The summed E-state index contributed by atoms with van der Waals surface area (Å²) in [6.45, 7) is 12.2. The second kappa shape index (κ2) is 9.78. The number of hydrogen-bond donors (Lipinski definition) is 2. The summed E-state index contributed by atoms with van der Waals surface area (Å²) in [7, 11) is -4.54. The van der Waals surface area contributed by atoms with Gasteiger partial charge in [0.05, 0.1) is 0 Å². The van der Waals surface area contributed by atoms with E-state index in [1.54, 1.807) is 6.07 Å². The van der Waals surface area contributed by atoms with Crippen molar-refractivity contribution < 1.29 is 35.3 Å². The highest BCUT2D eigenvalue weighted by Crippen LogP contribution is 2.43. The van der Waals surface area contributed by atoms with Crippen LogP contribution in [0.4, 0.5) is 0 Å². The summed E-state index contributed by atoms with van der Waals surface area (Å²) in [5.41, 5.74) is 1.62. The molecule has 0 aliphatic carbocycles. The lowest BCUT2D eigenvalue weighted by molar-refractivity contribution is 0.280. The third kappa shape index (κ3) is 9.46. The van der Waals surface area contributed by atoms with Gasteiger partial charge in [-0.2, -0.15) is 0 Å². The molecule has 138 valence electrons. The van der Waals surface area contributed by atoms with Crippen molar-refractivity contribution in [2.45, 2.75) is 52.4 Å². The predicted octanol–water partition coefficient (Wildman–Crippen LogP) is 0.0951. The number of phosphoric acid groups is 1. The lowest BCUT2D eigenvalue weighted by Gasteiger charge is -2.27. The van der Waals surface area contributed by atoms with Crippen LogP contribution in [0.15, 0.2) is 18.2 Å². The zero-order valence-corrected chi connectivity index (χ0v) is 14.8. The van der Waals surface area contributed by atoms with E-state index in [1.165, 1.54) is 0 Å². The van der Waals surface area contributed by atoms with Crippen molar-refractivity contribution in [1.82, 2.24) is 0 Å². The van der Waals surface area contributed by atoms with Crippen molar-refractivity contribution in [3.8, 4) is 5.75 Å². The topological polar surface area (TPSA) is 161 Å². The van der Waals surface area contributed by atoms with E-state index in [-0.39, 0.29) is 50.4 Å². The highest BCUT2D eigenvalue weighted by molar-refractivity contribution is 7.46. The van der Waals surface area contributed by atoms with Gasteiger partial charge in [-0.05, 0) is 22.5 Å². The van der Waals surface area contributed by atoms with Crippen molar-refractivity contribution >= 4 is 25.2 Å². The lowest BCUT2D eigenvalue weighted by Crippen LogP contribution is -2.17. The summed E-state index contributed by atoms with van der Waals surface area (Å²) in [6, 6.07) is 5.45. The third-order valence-electron chi connectivity index (χ3n) is 2.87. The Morgan fingerprint density at radius 3 is 1.65 bits per heavy atom. The minimum atomic E-state index is -4.54. The van der Waals surface area contributed by atoms with E-state index >= 15 is 0 Å². The van der Waals surface area contributed by atoms with Crippen molar-refractivity contribution in [1.29, 1.82) is 0 Å². The van der Waals surface area contributed by atoms with E-state index in [9.17, 15) is 4.57 Å². The third-order valence-corrected chi connectivity index (χ3v) is 3.31. The van der Waals surface area contributed by atoms with Gasteiger partial charge in [0.25, 0.3) is 0 Å². The molecule has 1 aromatic carbocycles. The Morgan fingerprint density at radius 1 is 0.913 bits per heavy atom. The first-order chi connectivity index (χ1) is 8.31. The van der Waals surface area contributed by atoms with Gasteiger partial charge in [-0.3, -0.25) is 9.79 Å². The van der Waals surface area contributed by atoms with Crippen LogP contribution >= 0.6 is 7.82 Å². The number of rotatable bonds is 2. The quantitative estimate of drug-likeness (QED) is 0.558. The monoisotopic (exact) mass is 370 g/mol. The first kappa shape index (κ1) is 30.5. The van der Waals surface area contributed by atoms with E-state index < -0.39 is 7.82 Å². The average Bonchev–Trinajstić information content (AvgIpc) is 2.11. The molecule has 0 saturated heterocycles. The zero-order valence-electron chi connectivity index (χ0n) is 13.9. The Morgan fingerprint density at radius 2 is 1.35 bits per heavy atom. The fourth-order valence-electron chi connectivity index (χ4n) is 1.79. The molecule has 0 aliphatic rings. The highest BCUT2D eigenvalue weighted by atomic mass is 31.2. The van der Waals surface area contributed by atoms with Crippen molar-refractivity contribution in [3.63, 3.8) is 0 Å². The Labute approximate surface area is 148 Å². The van der Waals surface area contributed by atoms with E-state index in [0.717, 1.165) is 11.1 Å². The van der Waals surface area contributed by atoms with Crippen LogP contribution in [0.3, 0.4) is 0 Å². The normalized spacial score (nSPS) is 11.1. The van der Waals surface area contributed by atoms with Gasteiger partial charge < -0.3 is 21.0 Å². The average molecular weight is 370 g/mol. The van der Waals surface area contributed by atoms with Crippen molar-refractivity contribution in [3.05, 3.63) is 29.3 Å². The molecule has 23 heavy (non-hydrogen) atoms. The van der Waals surface area contributed by atoms with Crippen LogP contribution in [-0.4, -0.2) is 43.6 Å². The predicted molar refractivity (Wildman–Crippen MR) is 97.3 cm³/mol. The maximum atomic E-state index is 11.0. The molecule has 0 fully saturated rings. The van der Waals surface area contributed by atoms with Crippen LogP contribution in [0.2, 0.25) is 0 Å². The number of hydrogen-bond acceptors (Lipinski definition) is 2. The Kier molecular flexibility index (Phi) is 12.9. The molecular weight excluding hydrogens is 338 g/mol. The van der Waals surface area contributed by atoms with E-state index in [1.807, 2.05) is 32.9 Å². The van der Waals surface area contributed by atoms with Crippen LogP contribution in [0, 0.1) is 0 Å². The van der Waals surface area contributed by atoms with Crippen LogP contribution in [0.1, 0.15) is 52.7 Å². The summed E-state index contributed by atoms with van der Waals surface area (Å²) in [5.74, 6) is 0.244. The molecule has 0 spiro atoms. The molecule has 7 nitrogen and oxygen atoms in total. The molecule has 8 N–H and O–H groups in total. The summed E-state index contributed by atoms with van der Waals surface area (Å²) >= 11 is 0. The molecule has 9 heteroatoms. The zero-order chi connectivity index (χ0) is 15.1. The van der Waals surface area contributed by atoms with E-state index in [2.05, 4.69) is 20.8 Å². The van der Waals surface area contributed by atoms with Gasteiger partial charge in [-0.25, -0.2) is 4.57 Å². The maximum absolute atomic E-state index is 11.0. The smallest absolute Gasteiger partial charge is 0.412 e. The van der Waals surface area contributed by atoms with Gasteiger partial charge in [0, 0.05) is 5.56 Å². The standard InChI is InChI=1S/C14H23O4P.Al.3H2O.3H/c1-13(2,3)10-7-8-12(18-19(15,16)17)11(9-10)14(4,5)6;;;;;;;/h7-9H,1-6H3,(H2,15,16,17);;3*1H2;;;. The van der Waals surface area contributed by atoms with Crippen LogP contribution in [0.5, 0.6) is 5.75 Å². The summed E-state index contributed by atoms with van der Waals surface area (Å²) in [6.07, 6.45) is 0. The second-order valence-corrected chi connectivity index (χ2v) is 7.96. The van der Waals surface area contributed by atoms with Crippen LogP contribution in [0.25, 0.3) is 0 Å². The molecular formula is C14H32AlO7P. The number of phosphoric ester groups is 1. The Balaban J connectivity index is -0.000000451. The van der Waals surface area contributed by atoms with Gasteiger partial charge in [-0.15, -0.1) is 0 Å². The summed E-state index contributed by atoms with van der Waals surface area (Å²) in [4.78, 5) is 18.0. The van der Waals surface area contributed by atoms with Crippen molar-refractivity contribution in [2.24, 2.45) is 0 Å². The molecule has 0 unspecified atom stereocenters. The van der Waals surface area contributed by atoms with Gasteiger partial charge in [0.1, 0.15) is 5.75 Å². The fourth-order valence-corrected chi connectivity index (χ4v) is 2.21. The largest absolute Gasteiger partial charge is 0.524 e. The molecule has 0 bridgehead atoms. The molecule has 1 rings (SSSR count). The first-order valence-electron chi connectivity index (χ1n) is 6.21. The first-order valence-corrected chi connectivity index (χ1v) is 7.74. The summed E-state index contributed by atoms with van der Waals surface area (Å²) in [5, 5.41) is 0. The van der Waals surface area contributed by atoms with Gasteiger partial charge >= 0.3 is 7.82 Å². The maximum Gasteiger partial charge on any atom is 0.524 e. The van der Waals surface area contributed by atoms with Gasteiger partial charge in [0.15, 0.2) is 17.4 Å². The van der Waals surface area contributed by atoms with Crippen LogP contribution in [-0.2, 0) is 15.4 Å². The van der Waals surface area contributed by atoms with Gasteiger partial charge in [0.2, 0.25) is 0 Å². The summed E-state index contributed by atoms with van der Waals surface area (Å²) < 4.78 is 15.8. The lowest BCUT2D eigenvalue weighted by atomic mass is 9.80. The highest BCUT2D eigenvalue weighted by Gasteiger charge is 2.26. The molecule has 0 radical (unpaired) electrons. The van der Waals surface area contributed by atoms with E-state index in [0.29, 0.717) is 0 Å². The van der Waals surface area contributed by atoms with Crippen molar-refractivity contribution in [2.75, 3.05) is 0 Å². The Hall–Kier alpha value is -0.418. The Bertz CT molecular complexity index is 515. The van der Waals surface area contributed by atoms with Crippen LogP contribution < -0.4 is 4.52 Å². The molecule has 1 aromatic rings. The van der Waals surface area contributed by atoms with Gasteiger partial charge in [-0.1, -0.05) is 53.7 Å². The molecule has 0 amide bonds. The minimum absolute atomic E-state index is 0. The molecule has 0 saturated carbocycles. The van der Waals surface area contributed by atoms with E-state index in [4.69, 9.17) is 14.3 Å². The molecule has 0 atom stereocenters. The minimum Gasteiger partial charge on any atom is -0.412 e. The number of benzene rings is 1. The molecule has 0 heterocycles. The SMILES string of the molecule is CC(C)(C)c1ccc(OP(=O)(O)O)c(C(C)(C)C)c1.O.O.O.[AlH3]. The molecule has 0 aliphatic heterocycles. The second-order valence-electron chi connectivity index (χ2n) is 6.79. The fraction of sp³-hybridized carbons (Fsp3) is 0.571. The molecule has 0 aromatic heterocycles.